The minimum Gasteiger partial charge on any atom is -0.467 e. The highest BCUT2D eigenvalue weighted by Crippen LogP contribution is 2.32. The molecule has 0 fully saturated rings. The smallest absolute Gasteiger partial charge is 0.328 e. The number of nitrogens with two attached hydrogens (primary N) is 1. The number of aromatic nitrogens is 4. The molecule has 12 heteroatoms. The van der Waals surface area contributed by atoms with E-state index in [4.69, 9.17) is 15.5 Å². The summed E-state index contributed by atoms with van der Waals surface area (Å²) < 4.78 is 10.7. The largest absolute Gasteiger partial charge is 0.467 e. The van der Waals surface area contributed by atoms with E-state index in [9.17, 15) is 14.4 Å². The second-order valence-electron chi connectivity index (χ2n) is 8.72. The van der Waals surface area contributed by atoms with E-state index in [1.54, 1.807) is 6.07 Å². The molecule has 10 nitrogen and oxygen atoms in total. The number of unbranched alkanes of at least 4 members (excludes halogenated alkanes) is 1. The number of thiazole rings is 1. The van der Waals surface area contributed by atoms with Crippen molar-refractivity contribution in [3.05, 3.63) is 52.3 Å². The summed E-state index contributed by atoms with van der Waals surface area (Å²) in [7, 11) is 1.30. The average Bonchev–Trinajstić information content (AvgIpc) is 3.66. The third kappa shape index (κ3) is 6.14. The van der Waals surface area contributed by atoms with E-state index in [1.165, 1.54) is 36.9 Å². The monoisotopic (exact) mass is 552 g/mol. The van der Waals surface area contributed by atoms with Crippen molar-refractivity contribution in [2.75, 3.05) is 7.11 Å². The molecule has 4 aromatic rings. The zero-order valence-corrected chi connectivity index (χ0v) is 22.9. The first kappa shape index (κ1) is 27.1. The van der Waals surface area contributed by atoms with Gasteiger partial charge < -0.3 is 20.4 Å². The number of nitrogens with one attached hydrogen (secondary N) is 1. The average molecular weight is 553 g/mol. The summed E-state index contributed by atoms with van der Waals surface area (Å²) >= 11 is 2.83. The van der Waals surface area contributed by atoms with Gasteiger partial charge in [-0.1, -0.05) is 28.8 Å². The molecule has 0 radical (unpaired) electrons. The lowest BCUT2D eigenvalue weighted by Crippen LogP contribution is -2.40. The number of nitrogens with zero attached hydrogens (tertiary/aromatic N) is 4. The van der Waals surface area contributed by atoms with Crippen LogP contribution in [0.3, 0.4) is 0 Å². The molecule has 38 heavy (non-hydrogen) atoms. The van der Waals surface area contributed by atoms with Crippen LogP contribution in [0.4, 0.5) is 0 Å². The van der Waals surface area contributed by atoms with Crippen molar-refractivity contribution >= 4 is 40.7 Å². The Kier molecular flexibility index (Phi) is 8.64. The van der Waals surface area contributed by atoms with E-state index in [0.29, 0.717) is 31.4 Å². The first-order valence-corrected chi connectivity index (χ1v) is 13.7. The molecule has 0 aliphatic rings. The highest BCUT2D eigenvalue weighted by Gasteiger charge is 2.21. The maximum Gasteiger partial charge on any atom is 0.328 e. The number of esters is 1. The molecule has 2 amide bonds. The molecule has 0 aliphatic carbocycles. The van der Waals surface area contributed by atoms with Gasteiger partial charge in [0.05, 0.1) is 24.1 Å². The van der Waals surface area contributed by atoms with Crippen LogP contribution in [0.2, 0.25) is 0 Å². The van der Waals surface area contributed by atoms with Crippen LogP contribution in [-0.2, 0) is 20.9 Å². The van der Waals surface area contributed by atoms with Crippen molar-refractivity contribution in [2.45, 2.75) is 45.7 Å². The molecule has 1 aromatic carbocycles. The topological polar surface area (TPSA) is 142 Å². The van der Waals surface area contributed by atoms with Crippen LogP contribution in [0.5, 0.6) is 0 Å². The molecule has 1 atom stereocenters. The van der Waals surface area contributed by atoms with Crippen LogP contribution < -0.4 is 11.1 Å². The van der Waals surface area contributed by atoms with Crippen molar-refractivity contribution in [3.63, 3.8) is 0 Å². The van der Waals surface area contributed by atoms with Gasteiger partial charge in [0.2, 0.25) is 5.91 Å². The van der Waals surface area contributed by atoms with E-state index >= 15 is 0 Å². The van der Waals surface area contributed by atoms with Gasteiger partial charge in [0.15, 0.2) is 0 Å². The van der Waals surface area contributed by atoms with E-state index in [-0.39, 0.29) is 5.91 Å². The molecule has 3 heterocycles. The number of carbonyl (C=O) groups excluding carboxylic acids is 3. The summed E-state index contributed by atoms with van der Waals surface area (Å²) in [6.07, 6.45) is 1.81. The Labute approximate surface area is 228 Å². The van der Waals surface area contributed by atoms with Crippen LogP contribution in [0, 0.1) is 6.92 Å². The van der Waals surface area contributed by atoms with Gasteiger partial charge in [-0.2, -0.15) is 0 Å². The zero-order chi connectivity index (χ0) is 27.2. The molecular formula is C26H28N6O4S2. The van der Waals surface area contributed by atoms with Gasteiger partial charge in [-0.15, -0.1) is 16.4 Å². The summed E-state index contributed by atoms with van der Waals surface area (Å²) in [5.74, 6) is -1.26. The van der Waals surface area contributed by atoms with Gasteiger partial charge in [0.25, 0.3) is 5.91 Å². The fourth-order valence-electron chi connectivity index (χ4n) is 4.25. The van der Waals surface area contributed by atoms with Crippen molar-refractivity contribution in [1.82, 2.24) is 24.5 Å². The molecule has 0 spiro atoms. The quantitative estimate of drug-likeness (QED) is 0.211. The number of benzene rings is 1. The molecule has 0 saturated heterocycles. The van der Waals surface area contributed by atoms with Crippen LogP contribution in [0.25, 0.3) is 33.2 Å². The van der Waals surface area contributed by atoms with Crippen LogP contribution in [-0.4, -0.2) is 50.1 Å². The maximum atomic E-state index is 12.1. The Hall–Kier alpha value is -3.90. The molecule has 198 valence electrons. The van der Waals surface area contributed by atoms with Crippen molar-refractivity contribution in [3.8, 4) is 33.2 Å². The molecule has 1 unspecified atom stereocenters. The summed E-state index contributed by atoms with van der Waals surface area (Å²) in [5, 5.41) is 11.5. The Balaban J connectivity index is 1.52. The van der Waals surface area contributed by atoms with Crippen LogP contribution in [0.1, 0.15) is 42.2 Å². The fraction of sp³-hybridized carbons (Fsp3) is 0.308. The number of ether oxygens (including phenoxy) is 1. The molecule has 0 aliphatic heterocycles. The van der Waals surface area contributed by atoms with Crippen LogP contribution >= 0.6 is 22.9 Å². The molecule has 3 N–H and O–H groups in total. The summed E-state index contributed by atoms with van der Waals surface area (Å²) in [6, 6.07) is 9.08. The second kappa shape index (κ2) is 12.1. The van der Waals surface area contributed by atoms with E-state index in [0.717, 1.165) is 38.9 Å². The summed E-state index contributed by atoms with van der Waals surface area (Å²) in [6.45, 7) is 3.81. The number of carbonyl (C=O) groups is 3. The Morgan fingerprint density at radius 3 is 2.47 bits per heavy atom. The third-order valence-corrected chi connectivity index (χ3v) is 7.57. The number of amides is 2. The minimum atomic E-state index is -0.692. The highest BCUT2D eigenvalue weighted by molar-refractivity contribution is 7.13. The van der Waals surface area contributed by atoms with Gasteiger partial charge in [-0.25, -0.2) is 9.78 Å². The van der Waals surface area contributed by atoms with Gasteiger partial charge in [0, 0.05) is 41.0 Å². The molecule has 4 rings (SSSR count). The predicted octanol–water partition coefficient (Wildman–Crippen LogP) is 4.05. The zero-order valence-electron chi connectivity index (χ0n) is 21.3. The first-order valence-electron chi connectivity index (χ1n) is 12.0. The van der Waals surface area contributed by atoms with Gasteiger partial charge in [0.1, 0.15) is 16.7 Å². The summed E-state index contributed by atoms with van der Waals surface area (Å²) in [4.78, 5) is 40.4. The number of rotatable bonds is 11. The Morgan fingerprint density at radius 2 is 1.84 bits per heavy atom. The second-order valence-corrected chi connectivity index (χ2v) is 10.2. The third-order valence-electron chi connectivity index (χ3n) is 6.17. The number of primary amides is 1. The maximum absolute atomic E-state index is 12.1. The van der Waals surface area contributed by atoms with E-state index < -0.39 is 17.9 Å². The lowest BCUT2D eigenvalue weighted by Gasteiger charge is -2.16. The minimum absolute atomic E-state index is 0.288. The van der Waals surface area contributed by atoms with Gasteiger partial charge >= 0.3 is 5.97 Å². The highest BCUT2D eigenvalue weighted by atomic mass is 32.1. The SMILES string of the molecule is COC(=O)C(CCCCn1c(-c2csc(-c3ccc(-c4csnn4)cc3)n2)cc(C(N)=O)c1C)NC(C)=O. The lowest BCUT2D eigenvalue weighted by atomic mass is 10.1. The number of methoxy groups -OCH3 is 1. The molecule has 3 aromatic heterocycles. The fourth-order valence-corrected chi connectivity index (χ4v) is 5.53. The van der Waals surface area contributed by atoms with Gasteiger partial charge in [-0.3, -0.25) is 9.59 Å². The number of hydrogen-bond acceptors (Lipinski definition) is 9. The van der Waals surface area contributed by atoms with Gasteiger partial charge in [-0.05, 0) is 43.8 Å². The van der Waals surface area contributed by atoms with Crippen LogP contribution in [0.15, 0.2) is 41.1 Å². The summed E-state index contributed by atoms with van der Waals surface area (Å²) in [5.41, 5.74) is 11.2. The molecule has 0 bridgehead atoms. The predicted molar refractivity (Wildman–Crippen MR) is 147 cm³/mol. The van der Waals surface area contributed by atoms with E-state index in [2.05, 4.69) is 14.9 Å². The normalized spacial score (nSPS) is 11.8. The van der Waals surface area contributed by atoms with Crippen molar-refractivity contribution in [2.24, 2.45) is 5.73 Å². The molecule has 0 saturated carbocycles. The Morgan fingerprint density at radius 1 is 1.11 bits per heavy atom. The Bertz CT molecular complexity index is 1430. The van der Waals surface area contributed by atoms with E-state index in [1.807, 2.05) is 46.5 Å². The standard InChI is InChI=1S/C26H28N6O4S2/c1-15-19(24(27)34)12-23(32(15)11-5-4-6-20(26(35)36-3)28-16(2)33)22-13-37-25(29-22)18-9-7-17(8-10-18)21-14-38-31-30-21/h7-10,12-14,20H,4-6,11H2,1-3H3,(H2,27,34)(H,28,33). The molecular weight excluding hydrogens is 524 g/mol. The number of hydrogen-bond donors (Lipinski definition) is 2. The lowest BCUT2D eigenvalue weighted by molar-refractivity contribution is -0.145. The van der Waals surface area contributed by atoms with Crippen molar-refractivity contribution in [1.29, 1.82) is 0 Å². The van der Waals surface area contributed by atoms with Crippen molar-refractivity contribution < 1.29 is 19.1 Å². The first-order chi connectivity index (χ1) is 18.3.